The van der Waals surface area contributed by atoms with E-state index in [9.17, 15) is 5.11 Å². The number of aliphatic hydroxyl groups excluding tert-OH is 1. The second-order valence-corrected chi connectivity index (χ2v) is 5.49. The third kappa shape index (κ3) is 3.01. The van der Waals surface area contributed by atoms with Crippen molar-refractivity contribution >= 4 is 16.7 Å². The summed E-state index contributed by atoms with van der Waals surface area (Å²) in [6, 6.07) is 10.1. The fourth-order valence-electron chi connectivity index (χ4n) is 3.04. The lowest BCUT2D eigenvalue weighted by Gasteiger charge is -2.34. The number of benzene rings is 1. The highest BCUT2D eigenvalue weighted by Gasteiger charge is 2.23. The molecule has 0 bridgehead atoms. The fraction of sp³-hybridized carbons (Fsp3) is 0.471. The SMILES string of the molecule is CCOC1CCCN(c2nc3ccccc3cc2CO)C1. The largest absolute Gasteiger partial charge is 0.392 e. The molecule has 2 heterocycles. The highest BCUT2D eigenvalue weighted by molar-refractivity contribution is 5.81. The molecule has 1 N–H and O–H groups in total. The zero-order valence-electron chi connectivity index (χ0n) is 12.5. The number of nitrogens with zero attached hydrogens (tertiary/aromatic N) is 2. The van der Waals surface area contributed by atoms with Crippen molar-refractivity contribution in [2.75, 3.05) is 24.6 Å². The molecule has 1 saturated heterocycles. The highest BCUT2D eigenvalue weighted by Crippen LogP contribution is 2.27. The van der Waals surface area contributed by atoms with Gasteiger partial charge in [0.25, 0.3) is 0 Å². The number of pyridine rings is 1. The summed E-state index contributed by atoms with van der Waals surface area (Å²) in [7, 11) is 0. The summed E-state index contributed by atoms with van der Waals surface area (Å²) in [5.74, 6) is 0.903. The van der Waals surface area contributed by atoms with E-state index in [4.69, 9.17) is 9.72 Å². The molecule has 2 aromatic rings. The molecular formula is C17H22N2O2. The number of piperidine rings is 1. The van der Waals surface area contributed by atoms with E-state index in [0.29, 0.717) is 0 Å². The van der Waals surface area contributed by atoms with Gasteiger partial charge in [0.2, 0.25) is 0 Å². The van der Waals surface area contributed by atoms with Crippen LogP contribution in [-0.2, 0) is 11.3 Å². The molecular weight excluding hydrogens is 264 g/mol. The van der Waals surface area contributed by atoms with E-state index in [1.807, 2.05) is 37.3 Å². The molecule has 1 aromatic heterocycles. The standard InChI is InChI=1S/C17H22N2O2/c1-2-21-15-7-5-9-19(11-15)17-14(12-20)10-13-6-3-4-8-16(13)18-17/h3-4,6,8,10,15,20H,2,5,7,9,11-12H2,1H3. The van der Waals surface area contributed by atoms with Crippen LogP contribution in [0.4, 0.5) is 5.82 Å². The number of hydrogen-bond acceptors (Lipinski definition) is 4. The molecule has 1 aromatic carbocycles. The van der Waals surface area contributed by atoms with Gasteiger partial charge in [-0.15, -0.1) is 0 Å². The van der Waals surface area contributed by atoms with Crippen molar-refractivity contribution in [1.29, 1.82) is 0 Å². The van der Waals surface area contributed by atoms with E-state index in [0.717, 1.165) is 54.8 Å². The highest BCUT2D eigenvalue weighted by atomic mass is 16.5. The Labute approximate surface area is 125 Å². The number of anilines is 1. The van der Waals surface area contributed by atoms with E-state index in [-0.39, 0.29) is 12.7 Å². The van der Waals surface area contributed by atoms with Crippen molar-refractivity contribution in [2.45, 2.75) is 32.5 Å². The van der Waals surface area contributed by atoms with E-state index in [1.165, 1.54) is 0 Å². The van der Waals surface area contributed by atoms with Gasteiger partial charge in [0.05, 0.1) is 18.2 Å². The second kappa shape index (κ2) is 6.41. The van der Waals surface area contributed by atoms with Crippen LogP contribution in [0.25, 0.3) is 10.9 Å². The molecule has 4 heteroatoms. The number of hydrogen-bond donors (Lipinski definition) is 1. The molecule has 0 saturated carbocycles. The third-order valence-corrected chi connectivity index (χ3v) is 4.03. The minimum Gasteiger partial charge on any atom is -0.392 e. The molecule has 1 aliphatic rings. The monoisotopic (exact) mass is 286 g/mol. The van der Waals surface area contributed by atoms with Crippen LogP contribution in [0, 0.1) is 0 Å². The van der Waals surface area contributed by atoms with Gasteiger partial charge >= 0.3 is 0 Å². The molecule has 0 radical (unpaired) electrons. The Morgan fingerprint density at radius 1 is 1.38 bits per heavy atom. The Bertz CT molecular complexity index is 613. The Balaban J connectivity index is 1.94. The van der Waals surface area contributed by atoms with E-state index < -0.39 is 0 Å². The van der Waals surface area contributed by atoms with Crippen molar-refractivity contribution in [3.63, 3.8) is 0 Å². The predicted octanol–water partition coefficient (Wildman–Crippen LogP) is 2.73. The first-order chi connectivity index (χ1) is 10.3. The van der Waals surface area contributed by atoms with Gasteiger partial charge in [0.15, 0.2) is 0 Å². The minimum absolute atomic E-state index is 0.0168. The Hall–Kier alpha value is -1.65. The van der Waals surface area contributed by atoms with Crippen LogP contribution in [0.2, 0.25) is 0 Å². The van der Waals surface area contributed by atoms with Crippen LogP contribution >= 0.6 is 0 Å². The van der Waals surface area contributed by atoms with Gasteiger partial charge in [0.1, 0.15) is 5.82 Å². The molecule has 112 valence electrons. The molecule has 0 amide bonds. The maximum Gasteiger partial charge on any atom is 0.134 e. The summed E-state index contributed by atoms with van der Waals surface area (Å²) in [6.07, 6.45) is 2.47. The van der Waals surface area contributed by atoms with Gasteiger partial charge in [0, 0.05) is 30.6 Å². The first-order valence-corrected chi connectivity index (χ1v) is 7.68. The molecule has 1 atom stereocenters. The Kier molecular flexibility index (Phi) is 4.36. The summed E-state index contributed by atoms with van der Waals surface area (Å²) in [5, 5.41) is 10.8. The number of aliphatic hydroxyl groups is 1. The normalized spacial score (nSPS) is 19.1. The van der Waals surface area contributed by atoms with E-state index in [2.05, 4.69) is 4.90 Å². The third-order valence-electron chi connectivity index (χ3n) is 4.03. The molecule has 1 aliphatic heterocycles. The molecule has 3 rings (SSSR count). The van der Waals surface area contributed by atoms with Gasteiger partial charge in [-0.1, -0.05) is 18.2 Å². The molecule has 0 spiro atoms. The average Bonchev–Trinajstić information content (AvgIpc) is 2.54. The number of fused-ring (bicyclic) bond motifs is 1. The second-order valence-electron chi connectivity index (χ2n) is 5.49. The topological polar surface area (TPSA) is 45.6 Å². The maximum atomic E-state index is 9.68. The quantitative estimate of drug-likeness (QED) is 0.938. The van der Waals surface area contributed by atoms with Crippen molar-refractivity contribution in [3.05, 3.63) is 35.9 Å². The van der Waals surface area contributed by atoms with Crippen molar-refractivity contribution in [1.82, 2.24) is 4.98 Å². The smallest absolute Gasteiger partial charge is 0.134 e. The van der Waals surface area contributed by atoms with Crippen LogP contribution < -0.4 is 4.90 Å². The van der Waals surface area contributed by atoms with Gasteiger partial charge < -0.3 is 14.7 Å². The Morgan fingerprint density at radius 2 is 2.24 bits per heavy atom. The molecule has 1 fully saturated rings. The lowest BCUT2D eigenvalue weighted by molar-refractivity contribution is 0.0524. The summed E-state index contributed by atoms with van der Waals surface area (Å²) >= 11 is 0. The van der Waals surface area contributed by atoms with Crippen molar-refractivity contribution < 1.29 is 9.84 Å². The lowest BCUT2D eigenvalue weighted by Crippen LogP contribution is -2.40. The number of para-hydroxylation sites is 1. The van der Waals surface area contributed by atoms with Gasteiger partial charge in [-0.05, 0) is 31.9 Å². The minimum atomic E-state index is 0.0168. The van der Waals surface area contributed by atoms with Gasteiger partial charge in [-0.3, -0.25) is 0 Å². The summed E-state index contributed by atoms with van der Waals surface area (Å²) in [6.45, 7) is 4.62. The summed E-state index contributed by atoms with van der Waals surface area (Å²) in [4.78, 5) is 7.03. The van der Waals surface area contributed by atoms with Crippen LogP contribution in [0.15, 0.2) is 30.3 Å². The Morgan fingerprint density at radius 3 is 3.05 bits per heavy atom. The first kappa shape index (κ1) is 14.3. The number of aromatic nitrogens is 1. The summed E-state index contributed by atoms with van der Waals surface area (Å²) < 4.78 is 5.76. The van der Waals surface area contributed by atoms with Crippen LogP contribution in [0.3, 0.4) is 0 Å². The summed E-state index contributed by atoms with van der Waals surface area (Å²) in [5.41, 5.74) is 1.87. The van der Waals surface area contributed by atoms with Crippen LogP contribution in [0.5, 0.6) is 0 Å². The number of ether oxygens (including phenoxy) is 1. The van der Waals surface area contributed by atoms with Crippen molar-refractivity contribution in [3.8, 4) is 0 Å². The lowest BCUT2D eigenvalue weighted by atomic mass is 10.1. The molecule has 1 unspecified atom stereocenters. The molecule has 4 nitrogen and oxygen atoms in total. The van der Waals surface area contributed by atoms with Gasteiger partial charge in [-0.25, -0.2) is 4.98 Å². The van der Waals surface area contributed by atoms with Crippen LogP contribution in [0.1, 0.15) is 25.3 Å². The zero-order valence-corrected chi connectivity index (χ0v) is 12.5. The first-order valence-electron chi connectivity index (χ1n) is 7.68. The fourth-order valence-corrected chi connectivity index (χ4v) is 3.04. The average molecular weight is 286 g/mol. The number of rotatable bonds is 4. The molecule has 0 aliphatic carbocycles. The van der Waals surface area contributed by atoms with E-state index in [1.54, 1.807) is 0 Å². The van der Waals surface area contributed by atoms with Crippen molar-refractivity contribution in [2.24, 2.45) is 0 Å². The van der Waals surface area contributed by atoms with Gasteiger partial charge in [-0.2, -0.15) is 0 Å². The maximum absolute atomic E-state index is 9.68. The van der Waals surface area contributed by atoms with E-state index >= 15 is 0 Å². The predicted molar refractivity (Wildman–Crippen MR) is 84.5 cm³/mol. The van der Waals surface area contributed by atoms with Crippen LogP contribution in [-0.4, -0.2) is 35.9 Å². The zero-order chi connectivity index (χ0) is 14.7. The molecule has 21 heavy (non-hydrogen) atoms.